The van der Waals surface area contributed by atoms with Crippen molar-refractivity contribution in [1.82, 2.24) is 9.88 Å². The van der Waals surface area contributed by atoms with Crippen LogP contribution in [0.2, 0.25) is 0 Å². The number of carbonyl (C=O) groups is 5. The number of hydrogen-bond acceptors (Lipinski definition) is 10. The molecule has 0 saturated heterocycles. The molecule has 3 unspecified atom stereocenters. The Labute approximate surface area is 204 Å². The Kier molecular flexibility index (Phi) is 5.13. The van der Waals surface area contributed by atoms with Crippen molar-refractivity contribution in [3.8, 4) is 0 Å². The Balaban J connectivity index is 1.72. The molecule has 1 aromatic carbocycles. The minimum absolute atomic E-state index is 0.00251. The number of nitrogens with zero attached hydrogens (tertiary/aromatic N) is 2. The van der Waals surface area contributed by atoms with Gasteiger partial charge in [0.15, 0.2) is 40.2 Å². The minimum Gasteiger partial charge on any atom is -0.407 e. The number of primary amides is 1. The fraction of sp³-hybridized carbons (Fsp3) is 0.500. The van der Waals surface area contributed by atoms with Gasteiger partial charge in [-0.25, -0.2) is 4.79 Å². The van der Waals surface area contributed by atoms with Crippen LogP contribution in [0.1, 0.15) is 22.3 Å². The van der Waals surface area contributed by atoms with Crippen molar-refractivity contribution in [2.45, 2.75) is 24.5 Å². The minimum atomic E-state index is -2.74. The van der Waals surface area contributed by atoms with Crippen molar-refractivity contribution in [3.05, 3.63) is 27.7 Å². The number of hydrogen-bond donors (Lipinski definition) is 3. The maximum atomic E-state index is 13.9. The zero-order chi connectivity index (χ0) is 26.4. The number of oxazole rings is 1. The quantitative estimate of drug-likeness (QED) is 0.428. The summed E-state index contributed by atoms with van der Waals surface area (Å²) in [4.78, 5) is 83.9. The molecule has 3 aliphatic rings. The molecule has 2 aromatic rings. The van der Waals surface area contributed by atoms with Crippen LogP contribution in [-0.4, -0.2) is 83.9 Å². The molecule has 12 nitrogen and oxygen atoms in total. The van der Waals surface area contributed by atoms with Gasteiger partial charge in [0.2, 0.25) is 5.91 Å². The molecule has 0 aliphatic heterocycles. The molecule has 4 N–H and O–H groups in total. The second-order valence-corrected chi connectivity index (χ2v) is 10.3. The van der Waals surface area contributed by atoms with Crippen LogP contribution in [0.4, 0.5) is 5.69 Å². The number of nitrogens with two attached hydrogens (primary N) is 1. The fourth-order valence-corrected chi connectivity index (χ4v) is 6.46. The van der Waals surface area contributed by atoms with Gasteiger partial charge in [-0.2, -0.15) is 0 Å². The smallest absolute Gasteiger partial charge is 0.407 e. The highest BCUT2D eigenvalue weighted by Gasteiger charge is 2.69. The van der Waals surface area contributed by atoms with Crippen molar-refractivity contribution in [2.24, 2.45) is 29.4 Å². The topological polar surface area (TPSA) is 184 Å². The number of likely N-dealkylation sites (N-methyl/N-ethyl adjacent to an activating group) is 1. The highest BCUT2D eigenvalue weighted by molar-refractivity contribution is 6.32. The summed E-state index contributed by atoms with van der Waals surface area (Å²) in [6.07, 6.45) is 0.218. The lowest BCUT2D eigenvalue weighted by molar-refractivity contribution is -0.181. The molecule has 0 spiro atoms. The highest BCUT2D eigenvalue weighted by Crippen LogP contribution is 2.51. The van der Waals surface area contributed by atoms with E-state index in [4.69, 9.17) is 10.2 Å². The predicted molar refractivity (Wildman–Crippen MR) is 124 cm³/mol. The number of ketones is 4. The number of carbonyl (C=O) groups excluding carboxylic acids is 5. The molecular weight excluding hydrogens is 472 g/mol. The third-order valence-electron chi connectivity index (χ3n) is 7.93. The maximum Gasteiger partial charge on any atom is 0.417 e. The Morgan fingerprint density at radius 2 is 1.81 bits per heavy atom. The predicted octanol–water partition coefficient (Wildman–Crippen LogP) is -1.34. The number of aliphatic hydroxyl groups is 1. The number of aromatic nitrogens is 1. The maximum absolute atomic E-state index is 13.9. The van der Waals surface area contributed by atoms with Gasteiger partial charge < -0.3 is 20.2 Å². The highest BCUT2D eigenvalue weighted by atomic mass is 16.4. The second kappa shape index (κ2) is 7.68. The van der Waals surface area contributed by atoms with E-state index in [0.29, 0.717) is 11.3 Å². The molecule has 36 heavy (non-hydrogen) atoms. The van der Waals surface area contributed by atoms with Gasteiger partial charge >= 0.3 is 5.76 Å². The number of amides is 1. The number of aromatic amines is 1. The third-order valence-corrected chi connectivity index (χ3v) is 7.93. The monoisotopic (exact) mass is 498 g/mol. The Morgan fingerprint density at radius 1 is 1.14 bits per heavy atom. The standard InChI is InChI=1S/C24H26N4O8/c1-27(2)12-7-11-19(36-23(34)26-11)14-9(12)5-8-6-10-16(28(3)4)18(30)15(22(25)33)21(32)24(10,35)20(31)13(8)17(14)29/h7-8,10,13,15-16,35H,5-6H2,1-4H3,(H2,25,33)(H,26,34)/t8-,10-,13?,15?,16?,24-/m0/s1. The number of Topliss-reactive ketones (excluding diaryl/α,β-unsaturated/α-hetero) is 4. The van der Waals surface area contributed by atoms with Gasteiger partial charge in [-0.1, -0.05) is 0 Å². The molecular formula is C24H26N4O8. The van der Waals surface area contributed by atoms with E-state index in [2.05, 4.69) is 4.98 Å². The third kappa shape index (κ3) is 2.94. The zero-order valence-corrected chi connectivity index (χ0v) is 20.2. The summed E-state index contributed by atoms with van der Waals surface area (Å²) in [7, 11) is 6.63. The van der Waals surface area contributed by atoms with Crippen molar-refractivity contribution in [3.63, 3.8) is 0 Å². The number of benzene rings is 1. The fourth-order valence-electron chi connectivity index (χ4n) is 6.46. The zero-order valence-electron chi connectivity index (χ0n) is 20.2. The summed E-state index contributed by atoms with van der Waals surface area (Å²) in [6, 6.07) is 0.548. The Hall–Kier alpha value is -3.64. The van der Waals surface area contributed by atoms with Gasteiger partial charge in [-0.05, 0) is 44.5 Å². The van der Waals surface area contributed by atoms with Crippen molar-refractivity contribution in [1.29, 1.82) is 0 Å². The molecule has 3 aliphatic carbocycles. The van der Waals surface area contributed by atoms with Crippen LogP contribution in [-0.2, 0) is 25.6 Å². The molecule has 0 bridgehead atoms. The summed E-state index contributed by atoms with van der Waals surface area (Å²) in [5.41, 5.74) is 4.12. The molecule has 1 amide bonds. The summed E-state index contributed by atoms with van der Waals surface area (Å²) in [5, 5.41) is 11.6. The summed E-state index contributed by atoms with van der Waals surface area (Å²) in [5.74, 6) is -11.0. The number of fused-ring (bicyclic) bond motifs is 5. The molecule has 1 heterocycles. The van der Waals surface area contributed by atoms with E-state index >= 15 is 0 Å². The molecule has 5 rings (SSSR count). The lowest BCUT2D eigenvalue weighted by Crippen LogP contribution is -2.74. The first-order chi connectivity index (χ1) is 16.8. The van der Waals surface area contributed by atoms with E-state index < -0.39 is 70.1 Å². The van der Waals surface area contributed by atoms with Crippen molar-refractivity contribution >= 4 is 45.8 Å². The van der Waals surface area contributed by atoms with E-state index in [0.717, 1.165) is 0 Å². The lowest BCUT2D eigenvalue weighted by Gasteiger charge is -2.52. The molecule has 2 saturated carbocycles. The van der Waals surface area contributed by atoms with Gasteiger partial charge in [-0.3, -0.25) is 33.9 Å². The van der Waals surface area contributed by atoms with Crippen LogP contribution in [0.5, 0.6) is 0 Å². The molecule has 0 radical (unpaired) electrons. The Morgan fingerprint density at radius 3 is 2.39 bits per heavy atom. The first kappa shape index (κ1) is 24.1. The normalized spacial score (nSPS) is 31.9. The van der Waals surface area contributed by atoms with Crippen LogP contribution >= 0.6 is 0 Å². The van der Waals surface area contributed by atoms with Gasteiger partial charge in [0.05, 0.1) is 23.0 Å². The first-order valence-corrected chi connectivity index (χ1v) is 11.5. The van der Waals surface area contributed by atoms with Crippen LogP contribution in [0, 0.1) is 23.7 Å². The van der Waals surface area contributed by atoms with Gasteiger partial charge in [0.25, 0.3) is 0 Å². The first-order valence-electron chi connectivity index (χ1n) is 11.5. The molecule has 12 heteroatoms. The van der Waals surface area contributed by atoms with Crippen LogP contribution in [0.15, 0.2) is 15.3 Å². The average molecular weight is 498 g/mol. The van der Waals surface area contributed by atoms with Crippen LogP contribution < -0.4 is 16.4 Å². The Bertz CT molecular complexity index is 1440. The van der Waals surface area contributed by atoms with Crippen LogP contribution in [0.3, 0.4) is 0 Å². The van der Waals surface area contributed by atoms with E-state index in [1.807, 2.05) is 0 Å². The largest absolute Gasteiger partial charge is 0.417 e. The summed E-state index contributed by atoms with van der Waals surface area (Å²) >= 11 is 0. The van der Waals surface area contributed by atoms with Gasteiger partial charge in [-0.15, -0.1) is 0 Å². The van der Waals surface area contributed by atoms with Gasteiger partial charge in [0, 0.05) is 25.7 Å². The second-order valence-electron chi connectivity index (χ2n) is 10.3. The van der Waals surface area contributed by atoms with Gasteiger partial charge in [0.1, 0.15) is 0 Å². The summed E-state index contributed by atoms with van der Waals surface area (Å²) < 4.78 is 5.25. The molecule has 190 valence electrons. The van der Waals surface area contributed by atoms with Crippen molar-refractivity contribution < 1.29 is 33.5 Å². The molecule has 1 aromatic heterocycles. The van der Waals surface area contributed by atoms with Crippen LogP contribution in [0.25, 0.3) is 11.1 Å². The van der Waals surface area contributed by atoms with E-state index in [1.54, 1.807) is 39.2 Å². The SMILES string of the molecule is CN(C)c1cc2[nH]c(=O)oc2c2c1C[C@H]1C[C@H]3C(N(C)C)C(=O)C(C(N)=O)C(=O)[C@@]3(O)C(=O)C1C2=O. The number of nitrogens with one attached hydrogen (secondary N) is 1. The van der Waals surface area contributed by atoms with E-state index in [9.17, 15) is 33.9 Å². The number of H-pyrrole nitrogens is 1. The molecule has 6 atom stereocenters. The van der Waals surface area contributed by atoms with E-state index in [-0.39, 0.29) is 29.5 Å². The average Bonchev–Trinajstić information content (AvgIpc) is 3.14. The molecule has 2 fully saturated rings. The summed E-state index contributed by atoms with van der Waals surface area (Å²) in [6.45, 7) is 0. The number of anilines is 1. The van der Waals surface area contributed by atoms with Crippen molar-refractivity contribution in [2.75, 3.05) is 33.1 Å². The lowest BCUT2D eigenvalue weighted by atomic mass is 9.52. The van der Waals surface area contributed by atoms with E-state index in [1.165, 1.54) is 4.90 Å². The number of rotatable bonds is 3.